The van der Waals surface area contributed by atoms with Crippen molar-refractivity contribution in [2.45, 2.75) is 6.54 Å². The number of nitrogens with two attached hydrogens (primary N) is 1. The maximum absolute atomic E-state index is 13.2. The monoisotopic (exact) mass is 340 g/mol. The fraction of sp³-hybridized carbons (Fsp3) is 0.211. The van der Waals surface area contributed by atoms with E-state index in [9.17, 15) is 4.39 Å². The summed E-state index contributed by atoms with van der Waals surface area (Å²) in [5.41, 5.74) is 8.59. The van der Waals surface area contributed by atoms with Gasteiger partial charge < -0.3 is 15.4 Å². The number of hydrogen-bond acceptors (Lipinski definition) is 4. The van der Waals surface area contributed by atoms with E-state index >= 15 is 0 Å². The Morgan fingerprint density at radius 1 is 1.16 bits per heavy atom. The molecule has 0 aliphatic rings. The molecule has 3 aromatic rings. The quantitative estimate of drug-likeness (QED) is 0.692. The fourth-order valence-electron chi connectivity index (χ4n) is 2.62. The zero-order valence-corrected chi connectivity index (χ0v) is 14.1. The third-order valence-electron chi connectivity index (χ3n) is 3.83. The molecule has 3 N–H and O–H groups in total. The Morgan fingerprint density at radius 2 is 1.96 bits per heavy atom. The molecule has 0 fully saturated rings. The normalized spacial score (nSPS) is 11.0. The molecule has 0 aliphatic carbocycles. The summed E-state index contributed by atoms with van der Waals surface area (Å²) in [6.45, 7) is 2.21. The lowest BCUT2D eigenvalue weighted by Gasteiger charge is -2.15. The highest BCUT2D eigenvalue weighted by Crippen LogP contribution is 2.27. The summed E-state index contributed by atoms with van der Waals surface area (Å²) in [4.78, 5) is 2.15. The molecule has 0 aliphatic heterocycles. The van der Waals surface area contributed by atoms with Crippen LogP contribution in [0.2, 0.25) is 0 Å². The Labute approximate surface area is 146 Å². The van der Waals surface area contributed by atoms with Gasteiger partial charge in [0.25, 0.3) is 0 Å². The Hall–Kier alpha value is -2.70. The number of nitrogens with zero attached hydrogens (tertiary/aromatic N) is 2. The second-order valence-corrected chi connectivity index (χ2v) is 5.87. The maximum Gasteiger partial charge on any atom is 0.130 e. The van der Waals surface area contributed by atoms with E-state index in [-0.39, 0.29) is 5.82 Å². The minimum Gasteiger partial charge on any atom is -0.457 e. The van der Waals surface area contributed by atoms with Crippen LogP contribution in [0.3, 0.4) is 0 Å². The summed E-state index contributed by atoms with van der Waals surface area (Å²) >= 11 is 0. The van der Waals surface area contributed by atoms with Gasteiger partial charge in [-0.2, -0.15) is 5.10 Å². The molecule has 0 spiro atoms. The first-order chi connectivity index (χ1) is 12.2. The maximum atomic E-state index is 13.2. The van der Waals surface area contributed by atoms with Gasteiger partial charge in [0.1, 0.15) is 17.3 Å². The van der Waals surface area contributed by atoms with E-state index in [1.54, 1.807) is 12.1 Å². The van der Waals surface area contributed by atoms with Crippen molar-refractivity contribution in [3.8, 4) is 22.8 Å². The lowest BCUT2D eigenvalue weighted by atomic mass is 10.1. The fourth-order valence-corrected chi connectivity index (χ4v) is 2.62. The van der Waals surface area contributed by atoms with Gasteiger partial charge in [0.05, 0.1) is 5.69 Å². The number of benzene rings is 2. The van der Waals surface area contributed by atoms with Gasteiger partial charge in [-0.3, -0.25) is 5.10 Å². The van der Waals surface area contributed by atoms with Crippen LogP contribution in [-0.2, 0) is 6.54 Å². The van der Waals surface area contributed by atoms with E-state index in [2.05, 4.69) is 15.1 Å². The standard InChI is InChI=1S/C19H21FN4O/c1-24(10-9-21)13-15-12-22-23-19(15)14-5-7-17(8-6-14)25-18-4-2-3-16(20)11-18/h2-8,11-12H,9-10,13,21H2,1H3,(H,22,23). The number of ether oxygens (including phenoxy) is 1. The van der Waals surface area contributed by atoms with E-state index in [1.165, 1.54) is 12.1 Å². The molecule has 0 saturated carbocycles. The van der Waals surface area contributed by atoms with Crippen LogP contribution in [0.15, 0.2) is 54.7 Å². The van der Waals surface area contributed by atoms with Crippen LogP contribution < -0.4 is 10.5 Å². The first-order valence-corrected chi connectivity index (χ1v) is 8.11. The summed E-state index contributed by atoms with van der Waals surface area (Å²) in [5.74, 6) is 0.792. The number of likely N-dealkylation sites (N-methyl/N-ethyl adjacent to an activating group) is 1. The second-order valence-electron chi connectivity index (χ2n) is 5.87. The molecule has 3 rings (SSSR count). The Balaban J connectivity index is 1.73. The molecule has 6 heteroatoms. The summed E-state index contributed by atoms with van der Waals surface area (Å²) in [7, 11) is 2.03. The highest BCUT2D eigenvalue weighted by molar-refractivity contribution is 5.63. The largest absolute Gasteiger partial charge is 0.457 e. The molecule has 25 heavy (non-hydrogen) atoms. The molecule has 0 atom stereocenters. The first kappa shape index (κ1) is 17.1. The van der Waals surface area contributed by atoms with Gasteiger partial charge in [0, 0.05) is 43.0 Å². The third-order valence-corrected chi connectivity index (χ3v) is 3.83. The molecule has 1 heterocycles. The zero-order chi connectivity index (χ0) is 17.6. The SMILES string of the molecule is CN(CCN)Cc1c[nH]nc1-c1ccc(Oc2cccc(F)c2)cc1. The van der Waals surface area contributed by atoms with Crippen LogP contribution in [0.1, 0.15) is 5.56 Å². The second kappa shape index (κ2) is 7.92. The topological polar surface area (TPSA) is 67.2 Å². The van der Waals surface area contributed by atoms with Crippen molar-refractivity contribution in [1.82, 2.24) is 15.1 Å². The lowest BCUT2D eigenvalue weighted by molar-refractivity contribution is 0.337. The molecule has 1 aromatic heterocycles. The highest BCUT2D eigenvalue weighted by atomic mass is 19.1. The molecular weight excluding hydrogens is 319 g/mol. The minimum absolute atomic E-state index is 0.322. The summed E-state index contributed by atoms with van der Waals surface area (Å²) in [5, 5.41) is 7.28. The van der Waals surface area contributed by atoms with Gasteiger partial charge >= 0.3 is 0 Å². The van der Waals surface area contributed by atoms with Gasteiger partial charge in [-0.05, 0) is 43.4 Å². The molecular formula is C19H21FN4O. The van der Waals surface area contributed by atoms with Gasteiger partial charge in [-0.1, -0.05) is 6.07 Å². The number of halogens is 1. The van der Waals surface area contributed by atoms with Crippen LogP contribution in [0.4, 0.5) is 4.39 Å². The molecule has 0 unspecified atom stereocenters. The highest BCUT2D eigenvalue weighted by Gasteiger charge is 2.11. The van der Waals surface area contributed by atoms with Crippen molar-refractivity contribution in [3.05, 3.63) is 66.1 Å². The first-order valence-electron chi connectivity index (χ1n) is 8.11. The number of aromatic amines is 1. The molecule has 0 radical (unpaired) electrons. The van der Waals surface area contributed by atoms with Crippen LogP contribution in [-0.4, -0.2) is 35.2 Å². The van der Waals surface area contributed by atoms with Crippen molar-refractivity contribution < 1.29 is 9.13 Å². The van der Waals surface area contributed by atoms with Crippen LogP contribution >= 0.6 is 0 Å². The van der Waals surface area contributed by atoms with Gasteiger partial charge in [-0.15, -0.1) is 0 Å². The summed E-state index contributed by atoms with van der Waals surface area (Å²) < 4.78 is 18.9. The molecule has 0 bridgehead atoms. The molecule has 0 saturated heterocycles. The number of aromatic nitrogens is 2. The minimum atomic E-state index is -0.322. The van der Waals surface area contributed by atoms with Crippen LogP contribution in [0.5, 0.6) is 11.5 Å². The van der Waals surface area contributed by atoms with Gasteiger partial charge in [0.2, 0.25) is 0 Å². The Morgan fingerprint density at radius 3 is 2.68 bits per heavy atom. The van der Waals surface area contributed by atoms with Crippen molar-refractivity contribution in [2.75, 3.05) is 20.1 Å². The predicted molar refractivity (Wildman–Crippen MR) is 95.9 cm³/mol. The van der Waals surface area contributed by atoms with Crippen molar-refractivity contribution in [1.29, 1.82) is 0 Å². The number of H-pyrrole nitrogens is 1. The number of rotatable bonds is 7. The Bertz CT molecular complexity index is 816. The van der Waals surface area contributed by atoms with E-state index < -0.39 is 0 Å². The lowest BCUT2D eigenvalue weighted by Crippen LogP contribution is -2.25. The average Bonchev–Trinajstić information content (AvgIpc) is 3.04. The van der Waals surface area contributed by atoms with Gasteiger partial charge in [0.15, 0.2) is 0 Å². The number of hydrogen-bond donors (Lipinski definition) is 2. The molecule has 0 amide bonds. The smallest absolute Gasteiger partial charge is 0.130 e. The predicted octanol–water partition coefficient (Wildman–Crippen LogP) is 3.40. The third kappa shape index (κ3) is 4.43. The van der Waals surface area contributed by atoms with Crippen LogP contribution in [0, 0.1) is 5.82 Å². The zero-order valence-electron chi connectivity index (χ0n) is 14.1. The molecule has 5 nitrogen and oxygen atoms in total. The summed E-state index contributed by atoms with van der Waals surface area (Å²) in [6, 6.07) is 13.7. The summed E-state index contributed by atoms with van der Waals surface area (Å²) in [6.07, 6.45) is 1.90. The molecule has 130 valence electrons. The average molecular weight is 340 g/mol. The van der Waals surface area contributed by atoms with Crippen molar-refractivity contribution in [2.24, 2.45) is 5.73 Å². The van der Waals surface area contributed by atoms with Gasteiger partial charge in [-0.25, -0.2) is 4.39 Å². The van der Waals surface area contributed by atoms with E-state index in [0.717, 1.165) is 29.9 Å². The number of nitrogens with one attached hydrogen (secondary N) is 1. The van der Waals surface area contributed by atoms with E-state index in [0.29, 0.717) is 18.0 Å². The Kier molecular flexibility index (Phi) is 5.42. The van der Waals surface area contributed by atoms with Crippen molar-refractivity contribution >= 4 is 0 Å². The van der Waals surface area contributed by atoms with Crippen LogP contribution in [0.25, 0.3) is 11.3 Å². The van der Waals surface area contributed by atoms with E-state index in [1.807, 2.05) is 37.5 Å². The van der Waals surface area contributed by atoms with E-state index in [4.69, 9.17) is 10.5 Å². The molecule has 2 aromatic carbocycles. The van der Waals surface area contributed by atoms with Crippen molar-refractivity contribution in [3.63, 3.8) is 0 Å².